The second-order valence-electron chi connectivity index (χ2n) is 6.44. The van der Waals surface area contributed by atoms with Gasteiger partial charge in [-0.1, -0.05) is 12.1 Å². The van der Waals surface area contributed by atoms with Crippen LogP contribution in [0.3, 0.4) is 0 Å². The summed E-state index contributed by atoms with van der Waals surface area (Å²) in [5.74, 6) is 0.836. The van der Waals surface area contributed by atoms with E-state index >= 15 is 0 Å². The lowest BCUT2D eigenvalue weighted by atomic mass is 10.1. The standard InChI is InChI=1S/C17H19FN4O2/c1-21-10-19-20-16(21)15-9-22(6-7-24-15)17(23)14-8-13(14)11-2-4-12(18)5-3-11/h2-5,10,13-15H,6-9H2,1H3. The van der Waals surface area contributed by atoms with Crippen molar-refractivity contribution >= 4 is 5.91 Å². The van der Waals surface area contributed by atoms with Gasteiger partial charge < -0.3 is 14.2 Å². The molecule has 2 aromatic rings. The van der Waals surface area contributed by atoms with Crippen molar-refractivity contribution < 1.29 is 13.9 Å². The van der Waals surface area contributed by atoms with Gasteiger partial charge in [0.2, 0.25) is 5.91 Å². The average molecular weight is 330 g/mol. The predicted octanol–water partition coefficient (Wildman–Crippen LogP) is 1.66. The van der Waals surface area contributed by atoms with Crippen LogP contribution in [0.25, 0.3) is 0 Å². The van der Waals surface area contributed by atoms with E-state index in [1.807, 2.05) is 16.5 Å². The molecule has 1 saturated carbocycles. The molecule has 3 unspecified atom stereocenters. The topological polar surface area (TPSA) is 60.2 Å². The van der Waals surface area contributed by atoms with Crippen molar-refractivity contribution in [1.82, 2.24) is 19.7 Å². The van der Waals surface area contributed by atoms with Gasteiger partial charge in [-0.25, -0.2) is 4.39 Å². The highest BCUT2D eigenvalue weighted by Crippen LogP contribution is 2.48. The molecule has 0 N–H and O–H groups in total. The Balaban J connectivity index is 1.42. The lowest BCUT2D eigenvalue weighted by Crippen LogP contribution is -2.43. The molecule has 1 saturated heterocycles. The molecule has 126 valence electrons. The second-order valence-corrected chi connectivity index (χ2v) is 6.44. The molecule has 6 nitrogen and oxygen atoms in total. The Morgan fingerprint density at radius 1 is 1.33 bits per heavy atom. The van der Waals surface area contributed by atoms with Gasteiger partial charge in [-0.2, -0.15) is 0 Å². The fourth-order valence-electron chi connectivity index (χ4n) is 3.37. The zero-order valence-corrected chi connectivity index (χ0v) is 13.4. The Kier molecular flexibility index (Phi) is 3.80. The van der Waals surface area contributed by atoms with Gasteiger partial charge in [0.05, 0.1) is 13.2 Å². The lowest BCUT2D eigenvalue weighted by molar-refractivity contribution is -0.140. The zero-order valence-electron chi connectivity index (χ0n) is 13.4. The number of carbonyl (C=O) groups is 1. The number of hydrogen-bond donors (Lipinski definition) is 0. The predicted molar refractivity (Wildman–Crippen MR) is 83.5 cm³/mol. The third-order valence-corrected chi connectivity index (χ3v) is 4.82. The zero-order chi connectivity index (χ0) is 16.7. The largest absolute Gasteiger partial charge is 0.366 e. The molecule has 1 aromatic heterocycles. The van der Waals surface area contributed by atoms with Crippen molar-refractivity contribution in [2.24, 2.45) is 13.0 Å². The molecule has 1 amide bonds. The van der Waals surface area contributed by atoms with Crippen molar-refractivity contribution in [3.8, 4) is 0 Å². The van der Waals surface area contributed by atoms with Crippen LogP contribution >= 0.6 is 0 Å². The number of ether oxygens (including phenoxy) is 1. The SMILES string of the molecule is Cn1cnnc1C1CN(C(=O)C2CC2c2ccc(F)cc2)CCO1. The molecule has 1 aromatic carbocycles. The van der Waals surface area contributed by atoms with Crippen LogP contribution in [-0.4, -0.2) is 45.3 Å². The summed E-state index contributed by atoms with van der Waals surface area (Å²) in [6.07, 6.45) is 2.22. The fraction of sp³-hybridized carbons (Fsp3) is 0.471. The fourth-order valence-corrected chi connectivity index (χ4v) is 3.37. The number of hydrogen-bond acceptors (Lipinski definition) is 4. The van der Waals surface area contributed by atoms with E-state index in [-0.39, 0.29) is 29.7 Å². The van der Waals surface area contributed by atoms with Gasteiger partial charge in [0.1, 0.15) is 18.2 Å². The minimum atomic E-state index is -0.248. The maximum Gasteiger partial charge on any atom is 0.226 e. The molecule has 1 aliphatic carbocycles. The van der Waals surface area contributed by atoms with E-state index in [4.69, 9.17) is 4.74 Å². The molecular weight excluding hydrogens is 311 g/mol. The third-order valence-electron chi connectivity index (χ3n) is 4.82. The van der Waals surface area contributed by atoms with Gasteiger partial charge in [-0.05, 0) is 30.0 Å². The summed E-state index contributed by atoms with van der Waals surface area (Å²) in [5, 5.41) is 7.95. The first-order chi connectivity index (χ1) is 11.6. The van der Waals surface area contributed by atoms with Gasteiger partial charge in [-0.15, -0.1) is 10.2 Å². The summed E-state index contributed by atoms with van der Waals surface area (Å²) >= 11 is 0. The first kappa shape index (κ1) is 15.3. The van der Waals surface area contributed by atoms with Gasteiger partial charge in [-0.3, -0.25) is 4.79 Å². The number of carbonyl (C=O) groups excluding carboxylic acids is 1. The Labute approximate surface area is 139 Å². The molecule has 24 heavy (non-hydrogen) atoms. The summed E-state index contributed by atoms with van der Waals surface area (Å²) in [6, 6.07) is 6.45. The molecule has 4 rings (SSSR count). The summed E-state index contributed by atoms with van der Waals surface area (Å²) in [7, 11) is 1.87. The van der Waals surface area contributed by atoms with Gasteiger partial charge in [0, 0.05) is 19.5 Å². The Hall–Kier alpha value is -2.28. The van der Waals surface area contributed by atoms with Gasteiger partial charge >= 0.3 is 0 Å². The molecule has 3 atom stereocenters. The van der Waals surface area contributed by atoms with Crippen LogP contribution in [0.5, 0.6) is 0 Å². The molecule has 1 aliphatic heterocycles. The van der Waals surface area contributed by atoms with E-state index in [1.165, 1.54) is 12.1 Å². The quantitative estimate of drug-likeness (QED) is 0.859. The number of nitrogens with zero attached hydrogens (tertiary/aromatic N) is 4. The lowest BCUT2D eigenvalue weighted by Gasteiger charge is -2.32. The summed E-state index contributed by atoms with van der Waals surface area (Å²) < 4.78 is 20.6. The van der Waals surface area contributed by atoms with Crippen LogP contribution in [0.2, 0.25) is 0 Å². The van der Waals surface area contributed by atoms with Crippen LogP contribution in [0.4, 0.5) is 4.39 Å². The molecule has 0 spiro atoms. The maximum absolute atomic E-state index is 13.0. The molecule has 2 aliphatic rings. The van der Waals surface area contributed by atoms with Crippen molar-refractivity contribution in [1.29, 1.82) is 0 Å². The molecule has 7 heteroatoms. The minimum absolute atomic E-state index is 0.00583. The summed E-state index contributed by atoms with van der Waals surface area (Å²) in [4.78, 5) is 14.6. The van der Waals surface area contributed by atoms with E-state index in [9.17, 15) is 9.18 Å². The highest BCUT2D eigenvalue weighted by atomic mass is 19.1. The monoisotopic (exact) mass is 330 g/mol. The Bertz CT molecular complexity index is 745. The van der Waals surface area contributed by atoms with E-state index in [0.29, 0.717) is 19.7 Å². The van der Waals surface area contributed by atoms with Crippen molar-refractivity contribution in [3.63, 3.8) is 0 Å². The minimum Gasteiger partial charge on any atom is -0.366 e. The van der Waals surface area contributed by atoms with E-state index in [2.05, 4.69) is 10.2 Å². The average Bonchev–Trinajstić information content (AvgIpc) is 3.28. The molecule has 2 fully saturated rings. The first-order valence-electron chi connectivity index (χ1n) is 8.13. The van der Waals surface area contributed by atoms with Crippen molar-refractivity contribution in [2.75, 3.05) is 19.7 Å². The molecule has 0 radical (unpaired) electrons. The number of rotatable bonds is 3. The van der Waals surface area contributed by atoms with E-state index < -0.39 is 0 Å². The molecule has 2 heterocycles. The van der Waals surface area contributed by atoms with Crippen molar-refractivity contribution in [3.05, 3.63) is 47.8 Å². The van der Waals surface area contributed by atoms with Crippen LogP contribution in [0.1, 0.15) is 29.8 Å². The number of benzene rings is 1. The van der Waals surface area contributed by atoms with E-state index in [0.717, 1.165) is 17.8 Å². The van der Waals surface area contributed by atoms with Crippen LogP contribution in [0, 0.1) is 11.7 Å². The molecular formula is C17H19FN4O2. The number of amides is 1. The number of aromatic nitrogens is 3. The van der Waals surface area contributed by atoms with E-state index in [1.54, 1.807) is 18.5 Å². The van der Waals surface area contributed by atoms with Crippen LogP contribution < -0.4 is 0 Å². The van der Waals surface area contributed by atoms with Gasteiger partial charge in [0.15, 0.2) is 5.82 Å². The number of halogens is 1. The summed E-state index contributed by atoms with van der Waals surface area (Å²) in [5.41, 5.74) is 1.04. The summed E-state index contributed by atoms with van der Waals surface area (Å²) in [6.45, 7) is 1.59. The number of morpholine rings is 1. The normalized spacial score (nSPS) is 26.4. The Morgan fingerprint density at radius 3 is 2.83 bits per heavy atom. The first-order valence-corrected chi connectivity index (χ1v) is 8.13. The smallest absolute Gasteiger partial charge is 0.226 e. The maximum atomic E-state index is 13.0. The Morgan fingerprint density at radius 2 is 2.12 bits per heavy atom. The highest BCUT2D eigenvalue weighted by molar-refractivity contribution is 5.83. The third kappa shape index (κ3) is 2.80. The van der Waals surface area contributed by atoms with Gasteiger partial charge in [0.25, 0.3) is 0 Å². The molecule has 0 bridgehead atoms. The van der Waals surface area contributed by atoms with Crippen LogP contribution in [0.15, 0.2) is 30.6 Å². The second kappa shape index (κ2) is 5.98. The number of aryl methyl sites for hydroxylation is 1. The van der Waals surface area contributed by atoms with Crippen LogP contribution in [-0.2, 0) is 16.6 Å². The van der Waals surface area contributed by atoms with Crippen molar-refractivity contribution in [2.45, 2.75) is 18.4 Å². The highest BCUT2D eigenvalue weighted by Gasteiger charge is 2.46.